The van der Waals surface area contributed by atoms with Gasteiger partial charge in [0.15, 0.2) is 5.54 Å². The second kappa shape index (κ2) is 1.52. The molecule has 60 valence electrons. The van der Waals surface area contributed by atoms with Gasteiger partial charge in [0.25, 0.3) is 0 Å². The minimum atomic E-state index is 0.185. The van der Waals surface area contributed by atoms with Crippen molar-refractivity contribution in [1.29, 1.82) is 0 Å². The summed E-state index contributed by atoms with van der Waals surface area (Å²) < 4.78 is 1.68. The van der Waals surface area contributed by atoms with Crippen LogP contribution in [0.1, 0.15) is 32.6 Å². The van der Waals surface area contributed by atoms with Crippen LogP contribution in [0.5, 0.6) is 0 Å². The van der Waals surface area contributed by atoms with E-state index in [2.05, 4.69) is 6.92 Å². The van der Waals surface area contributed by atoms with E-state index < -0.39 is 0 Å². The molecule has 2 nitrogen and oxygen atoms in total. The molecule has 11 heavy (non-hydrogen) atoms. The van der Waals surface area contributed by atoms with Crippen LogP contribution in [-0.4, -0.2) is 16.3 Å². The molecule has 3 rings (SSSR count). The van der Waals surface area contributed by atoms with Crippen molar-refractivity contribution in [3.05, 3.63) is 5.53 Å². The predicted molar refractivity (Wildman–Crippen MR) is 41.3 cm³/mol. The van der Waals surface area contributed by atoms with Crippen molar-refractivity contribution in [3.8, 4) is 0 Å². The summed E-state index contributed by atoms with van der Waals surface area (Å²) >= 11 is 0. The number of hydrogen-bond donors (Lipinski definition) is 0. The highest BCUT2D eigenvalue weighted by Crippen LogP contribution is 2.58. The molecular weight excluding hydrogens is 136 g/mol. The highest BCUT2D eigenvalue weighted by molar-refractivity contribution is 5.06. The van der Waals surface area contributed by atoms with Crippen LogP contribution in [0, 0.1) is 11.8 Å². The van der Waals surface area contributed by atoms with Crippen molar-refractivity contribution in [2.45, 2.75) is 44.2 Å². The maximum atomic E-state index is 9.80. The summed E-state index contributed by atoms with van der Waals surface area (Å²) in [7, 11) is 0. The van der Waals surface area contributed by atoms with E-state index in [0.29, 0.717) is 6.04 Å². The molecule has 1 saturated carbocycles. The van der Waals surface area contributed by atoms with Crippen molar-refractivity contribution < 1.29 is 4.70 Å². The molecular formula is C9H14N2. The smallest absolute Gasteiger partial charge is 0.154 e. The van der Waals surface area contributed by atoms with Gasteiger partial charge in [0.2, 0.25) is 0 Å². The molecule has 0 N–H and O–H groups in total. The van der Waals surface area contributed by atoms with E-state index in [4.69, 9.17) is 0 Å². The molecule has 2 heterocycles. The van der Waals surface area contributed by atoms with Crippen molar-refractivity contribution in [2.75, 3.05) is 0 Å². The first-order valence-electron chi connectivity index (χ1n) is 4.71. The van der Waals surface area contributed by atoms with Crippen LogP contribution in [0.2, 0.25) is 0 Å². The number of nitrogens with zero attached hydrogens (tertiary/aromatic N) is 2. The van der Waals surface area contributed by atoms with E-state index in [0.717, 1.165) is 11.8 Å². The predicted octanol–water partition coefficient (Wildman–Crippen LogP) is 1.98. The van der Waals surface area contributed by atoms with Crippen LogP contribution in [0.25, 0.3) is 5.53 Å². The van der Waals surface area contributed by atoms with E-state index >= 15 is 0 Å². The zero-order valence-corrected chi connectivity index (χ0v) is 6.95. The van der Waals surface area contributed by atoms with Crippen molar-refractivity contribution in [1.82, 2.24) is 0 Å². The van der Waals surface area contributed by atoms with Crippen LogP contribution >= 0.6 is 0 Å². The topological polar surface area (TPSA) is 25.3 Å². The SMILES string of the molecule is CC12C3CCC1CC(C3)[N+]2=[N-]. The second-order valence-electron chi connectivity index (χ2n) is 4.67. The molecule has 2 unspecified atom stereocenters. The maximum Gasteiger partial charge on any atom is 0.154 e. The van der Waals surface area contributed by atoms with Gasteiger partial charge in [-0.2, -0.15) is 0 Å². The summed E-state index contributed by atoms with van der Waals surface area (Å²) in [4.78, 5) is 0. The normalized spacial score (nSPS) is 59.4. The quantitative estimate of drug-likeness (QED) is 0.472. The lowest BCUT2D eigenvalue weighted by atomic mass is 9.79. The largest absolute Gasteiger partial charge is 0.506 e. The molecule has 3 aliphatic rings. The van der Waals surface area contributed by atoms with Crippen LogP contribution < -0.4 is 0 Å². The fourth-order valence-electron chi connectivity index (χ4n) is 3.75. The van der Waals surface area contributed by atoms with Crippen molar-refractivity contribution in [3.63, 3.8) is 0 Å². The van der Waals surface area contributed by atoms with E-state index in [1.165, 1.54) is 25.7 Å². The Hall–Kier alpha value is -0.400. The molecule has 2 aliphatic heterocycles. The van der Waals surface area contributed by atoms with Crippen molar-refractivity contribution in [2.24, 2.45) is 11.8 Å². The molecule has 0 aromatic heterocycles. The molecule has 0 aromatic carbocycles. The first-order chi connectivity index (χ1) is 5.23. The highest BCUT2D eigenvalue weighted by atomic mass is 15.3. The minimum Gasteiger partial charge on any atom is -0.506 e. The Kier molecular flexibility index (Phi) is 0.851. The molecule has 0 radical (unpaired) electrons. The lowest BCUT2D eigenvalue weighted by Crippen LogP contribution is -2.36. The van der Waals surface area contributed by atoms with Gasteiger partial charge in [0, 0.05) is 24.7 Å². The Labute approximate surface area is 67.1 Å². The summed E-state index contributed by atoms with van der Waals surface area (Å²) in [6, 6.07) is 0.512. The summed E-state index contributed by atoms with van der Waals surface area (Å²) in [6.07, 6.45) is 5.22. The molecule has 1 aliphatic carbocycles. The Bertz CT molecular complexity index is 220. The third-order valence-corrected chi connectivity index (χ3v) is 4.47. The van der Waals surface area contributed by atoms with E-state index in [1.54, 1.807) is 4.70 Å². The summed E-state index contributed by atoms with van der Waals surface area (Å²) in [5, 5.41) is 0. The minimum absolute atomic E-state index is 0.185. The van der Waals surface area contributed by atoms with Gasteiger partial charge in [-0.05, 0) is 19.8 Å². The number of rotatable bonds is 0. The van der Waals surface area contributed by atoms with Gasteiger partial charge in [0.1, 0.15) is 6.04 Å². The zero-order valence-electron chi connectivity index (χ0n) is 6.95. The highest BCUT2D eigenvalue weighted by Gasteiger charge is 2.66. The Morgan fingerprint density at radius 1 is 1.27 bits per heavy atom. The van der Waals surface area contributed by atoms with Gasteiger partial charge >= 0.3 is 0 Å². The molecule has 0 aromatic rings. The van der Waals surface area contributed by atoms with E-state index in [-0.39, 0.29) is 5.54 Å². The third-order valence-electron chi connectivity index (χ3n) is 4.47. The maximum absolute atomic E-state index is 9.80. The van der Waals surface area contributed by atoms with E-state index in [9.17, 15) is 5.53 Å². The van der Waals surface area contributed by atoms with Crippen LogP contribution in [0.4, 0.5) is 0 Å². The molecule has 2 heteroatoms. The summed E-state index contributed by atoms with van der Waals surface area (Å²) in [5.74, 6) is 1.60. The molecule has 3 fully saturated rings. The van der Waals surface area contributed by atoms with Gasteiger partial charge < -0.3 is 10.2 Å². The first kappa shape index (κ1) is 6.15. The number of fused-ring (bicyclic) bond motifs is 1. The molecule has 2 bridgehead atoms. The fourth-order valence-corrected chi connectivity index (χ4v) is 3.75. The van der Waals surface area contributed by atoms with Gasteiger partial charge in [-0.3, -0.25) is 0 Å². The number of hydrogen-bond acceptors (Lipinski definition) is 0. The van der Waals surface area contributed by atoms with Gasteiger partial charge in [-0.25, -0.2) is 0 Å². The van der Waals surface area contributed by atoms with Gasteiger partial charge in [-0.1, -0.05) is 0 Å². The summed E-state index contributed by atoms with van der Waals surface area (Å²) in [6.45, 7) is 2.25. The van der Waals surface area contributed by atoms with Crippen molar-refractivity contribution >= 4 is 0 Å². The third kappa shape index (κ3) is 0.463. The van der Waals surface area contributed by atoms with Gasteiger partial charge in [-0.15, -0.1) is 0 Å². The molecule has 0 amide bonds. The van der Waals surface area contributed by atoms with Gasteiger partial charge in [0.05, 0.1) is 0 Å². The Balaban J connectivity index is 2.16. The lowest BCUT2D eigenvalue weighted by Gasteiger charge is -2.23. The first-order valence-corrected chi connectivity index (χ1v) is 4.71. The fraction of sp³-hybridized carbons (Fsp3) is 1.00. The Morgan fingerprint density at radius 3 is 2.18 bits per heavy atom. The molecule has 0 spiro atoms. The van der Waals surface area contributed by atoms with Crippen LogP contribution in [0.3, 0.4) is 0 Å². The second-order valence-corrected chi connectivity index (χ2v) is 4.67. The monoisotopic (exact) mass is 150 g/mol. The standard InChI is InChI=1S/C9H14N2/c1-9-6-2-3-7(9)5-8(4-6)11(9)10/h6-8H,2-5H2,1H3. The lowest BCUT2D eigenvalue weighted by molar-refractivity contribution is -0.616. The zero-order chi connectivity index (χ0) is 7.64. The molecule has 2 saturated heterocycles. The van der Waals surface area contributed by atoms with Crippen LogP contribution in [-0.2, 0) is 0 Å². The van der Waals surface area contributed by atoms with Crippen LogP contribution in [0.15, 0.2) is 0 Å². The average Bonchev–Trinajstić information content (AvgIpc) is 2.42. The molecule has 2 atom stereocenters. The summed E-state index contributed by atoms with van der Waals surface area (Å²) in [5.41, 5.74) is 9.99. The van der Waals surface area contributed by atoms with E-state index in [1.807, 2.05) is 0 Å². The average molecular weight is 150 g/mol. The Morgan fingerprint density at radius 2 is 1.82 bits per heavy atom.